The second-order valence-electron chi connectivity index (χ2n) is 7.53. The second kappa shape index (κ2) is 8.80. The molecule has 1 radical (unpaired) electrons. The molecule has 2 aromatic carbocycles. The number of anilines is 1. The van der Waals surface area contributed by atoms with E-state index in [1.54, 1.807) is 33.8 Å². The standard InChI is InChI=1S/C25H17N6O2S/c1-16-3-5-19(14-22(16)29-25(33)26-10-12-34)31-23(32)8-4-17-15-27-21-7-6-18(13-20(21)24(17)31)30-11-2-9-28-30/h2-11,13-15H,1H3,(H,29,33). The summed E-state index contributed by atoms with van der Waals surface area (Å²) in [5, 5.41) is 10.9. The molecule has 0 fully saturated rings. The maximum absolute atomic E-state index is 13.1. The maximum Gasteiger partial charge on any atom is 0.345 e. The van der Waals surface area contributed by atoms with E-state index in [0.29, 0.717) is 16.9 Å². The zero-order valence-corrected chi connectivity index (χ0v) is 18.8. The lowest BCUT2D eigenvalue weighted by Gasteiger charge is -2.15. The highest BCUT2D eigenvalue weighted by Crippen LogP contribution is 2.28. The Balaban J connectivity index is 1.74. The summed E-state index contributed by atoms with van der Waals surface area (Å²) in [6, 6.07) is 15.7. The molecule has 0 atom stereocenters. The molecular weight excluding hydrogens is 448 g/mol. The number of carbonyl (C=O) groups excluding carboxylic acids is 1. The van der Waals surface area contributed by atoms with Gasteiger partial charge in [-0.05, 0) is 55.0 Å². The minimum Gasteiger partial charge on any atom is -0.306 e. The van der Waals surface area contributed by atoms with Gasteiger partial charge in [0.25, 0.3) is 5.56 Å². The zero-order valence-electron chi connectivity index (χ0n) is 18.0. The van der Waals surface area contributed by atoms with E-state index in [4.69, 9.17) is 0 Å². The molecule has 8 nitrogen and oxygen atoms in total. The zero-order chi connectivity index (χ0) is 23.7. The Morgan fingerprint density at radius 1 is 1.15 bits per heavy atom. The lowest BCUT2D eigenvalue weighted by Crippen LogP contribution is -2.18. The molecule has 0 unspecified atom stereocenters. The van der Waals surface area contributed by atoms with Crippen LogP contribution in [0.15, 0.2) is 83.0 Å². The van der Waals surface area contributed by atoms with E-state index in [2.05, 4.69) is 38.0 Å². The summed E-state index contributed by atoms with van der Waals surface area (Å²) < 4.78 is 3.37. The molecule has 0 aliphatic rings. The molecule has 0 saturated heterocycles. The van der Waals surface area contributed by atoms with Crippen molar-refractivity contribution >= 4 is 57.3 Å². The van der Waals surface area contributed by atoms with Crippen LogP contribution in [-0.4, -0.2) is 36.9 Å². The third-order valence-electron chi connectivity index (χ3n) is 5.43. The first-order chi connectivity index (χ1) is 16.5. The number of benzene rings is 2. The number of hydrogen-bond donors (Lipinski definition) is 1. The third-order valence-corrected chi connectivity index (χ3v) is 5.53. The number of thiocarbonyl (C=S) groups is 1. The van der Waals surface area contributed by atoms with E-state index in [9.17, 15) is 9.59 Å². The van der Waals surface area contributed by atoms with Crippen molar-refractivity contribution in [2.45, 2.75) is 6.92 Å². The molecule has 34 heavy (non-hydrogen) atoms. The van der Waals surface area contributed by atoms with E-state index in [-0.39, 0.29) is 5.56 Å². The molecule has 0 aliphatic heterocycles. The number of urea groups is 1. The van der Waals surface area contributed by atoms with Gasteiger partial charge in [-0.15, -0.1) is 0 Å². The number of aromatic nitrogens is 4. The van der Waals surface area contributed by atoms with Gasteiger partial charge in [0.05, 0.1) is 34.0 Å². The van der Waals surface area contributed by atoms with Crippen LogP contribution in [0.25, 0.3) is 33.2 Å². The fourth-order valence-corrected chi connectivity index (χ4v) is 3.89. The van der Waals surface area contributed by atoms with Crippen LogP contribution in [0.5, 0.6) is 0 Å². The van der Waals surface area contributed by atoms with E-state index in [0.717, 1.165) is 33.8 Å². The van der Waals surface area contributed by atoms with Gasteiger partial charge in [0.2, 0.25) is 0 Å². The number of pyridine rings is 2. The highest BCUT2D eigenvalue weighted by molar-refractivity contribution is 7.80. The second-order valence-corrected chi connectivity index (χ2v) is 7.76. The van der Waals surface area contributed by atoms with Gasteiger partial charge in [-0.1, -0.05) is 18.3 Å². The smallest absolute Gasteiger partial charge is 0.306 e. The molecule has 5 aromatic rings. The fourth-order valence-electron chi connectivity index (χ4n) is 3.84. The number of amides is 2. The van der Waals surface area contributed by atoms with Crippen molar-refractivity contribution in [2.75, 3.05) is 5.32 Å². The summed E-state index contributed by atoms with van der Waals surface area (Å²) in [4.78, 5) is 33.5. The summed E-state index contributed by atoms with van der Waals surface area (Å²) >= 11 is 4.55. The molecular formula is C25H17N6O2S. The summed E-state index contributed by atoms with van der Waals surface area (Å²) in [6.07, 6.45) is 6.42. The first kappa shape index (κ1) is 21.4. The average Bonchev–Trinajstić information content (AvgIpc) is 3.39. The average molecular weight is 466 g/mol. The number of nitrogens with zero attached hydrogens (tertiary/aromatic N) is 5. The van der Waals surface area contributed by atoms with Gasteiger partial charge in [-0.25, -0.2) is 14.5 Å². The van der Waals surface area contributed by atoms with Gasteiger partial charge in [-0.3, -0.25) is 14.3 Å². The van der Waals surface area contributed by atoms with E-state index >= 15 is 0 Å². The predicted octanol–water partition coefficient (Wildman–Crippen LogP) is 4.51. The third kappa shape index (κ3) is 3.89. The number of nitrogens with one attached hydrogen (secondary N) is 1. The Kier molecular flexibility index (Phi) is 5.52. The normalized spacial score (nSPS) is 11.3. The molecule has 0 bridgehead atoms. The Labute approximate surface area is 199 Å². The van der Waals surface area contributed by atoms with Crippen LogP contribution in [0.2, 0.25) is 0 Å². The van der Waals surface area contributed by atoms with E-state index in [1.807, 2.05) is 49.5 Å². The minimum atomic E-state index is -0.582. The number of carbonyl (C=O) groups is 1. The summed E-state index contributed by atoms with van der Waals surface area (Å²) in [6.45, 7) is 1.86. The summed E-state index contributed by atoms with van der Waals surface area (Å²) in [7, 11) is 0. The molecule has 5 rings (SSSR count). The maximum atomic E-state index is 13.1. The lowest BCUT2D eigenvalue weighted by molar-refractivity contribution is 0.259. The van der Waals surface area contributed by atoms with Crippen LogP contribution in [0.1, 0.15) is 5.56 Å². The summed E-state index contributed by atoms with van der Waals surface area (Å²) in [5.74, 6) is 0. The van der Waals surface area contributed by atoms with E-state index < -0.39 is 6.03 Å². The van der Waals surface area contributed by atoms with Gasteiger partial charge in [0, 0.05) is 41.1 Å². The SMILES string of the molecule is Cc1ccc(-n2c(=O)ccc3cnc4ccc(-n5cccn5)cc4c32)cc1NC(=O)N=C[C]=S. The number of hydrogen-bond acceptors (Lipinski definition) is 5. The number of rotatable bonds is 4. The van der Waals surface area contributed by atoms with Crippen LogP contribution in [0.4, 0.5) is 10.5 Å². The molecule has 165 valence electrons. The molecule has 3 aromatic heterocycles. The Bertz CT molecular complexity index is 1650. The Morgan fingerprint density at radius 2 is 2.00 bits per heavy atom. The topological polar surface area (TPSA) is 94.2 Å². The summed E-state index contributed by atoms with van der Waals surface area (Å²) in [5.41, 5.74) is 4.04. The van der Waals surface area contributed by atoms with Crippen molar-refractivity contribution in [1.29, 1.82) is 0 Å². The largest absolute Gasteiger partial charge is 0.345 e. The molecule has 2 amide bonds. The van der Waals surface area contributed by atoms with Crippen LogP contribution in [0, 0.1) is 6.92 Å². The highest BCUT2D eigenvalue weighted by Gasteiger charge is 2.13. The molecule has 9 heteroatoms. The van der Waals surface area contributed by atoms with E-state index in [1.165, 1.54) is 6.07 Å². The number of aryl methyl sites for hydroxylation is 1. The highest BCUT2D eigenvalue weighted by atomic mass is 32.1. The number of aliphatic imine (C=N–C) groups is 1. The van der Waals surface area contributed by atoms with Crippen molar-refractivity contribution in [2.24, 2.45) is 4.99 Å². The molecule has 0 saturated carbocycles. The number of fused-ring (bicyclic) bond motifs is 3. The van der Waals surface area contributed by atoms with Gasteiger partial charge in [0.1, 0.15) is 0 Å². The van der Waals surface area contributed by atoms with Gasteiger partial charge in [0.15, 0.2) is 0 Å². The molecule has 3 heterocycles. The van der Waals surface area contributed by atoms with Gasteiger partial charge >= 0.3 is 6.03 Å². The first-order valence-corrected chi connectivity index (χ1v) is 10.7. The fraction of sp³-hybridized carbons (Fsp3) is 0.0400. The quantitative estimate of drug-likeness (QED) is 0.239. The van der Waals surface area contributed by atoms with Crippen molar-refractivity contribution < 1.29 is 4.79 Å². The van der Waals surface area contributed by atoms with Crippen LogP contribution < -0.4 is 10.9 Å². The minimum absolute atomic E-state index is 0.209. The molecule has 0 aliphatic carbocycles. The monoisotopic (exact) mass is 465 g/mol. The first-order valence-electron chi connectivity index (χ1n) is 10.3. The van der Waals surface area contributed by atoms with Crippen molar-refractivity contribution in [3.63, 3.8) is 0 Å². The van der Waals surface area contributed by atoms with Crippen LogP contribution >= 0.6 is 12.2 Å². The Hall–Kier alpha value is -4.50. The van der Waals surface area contributed by atoms with Crippen LogP contribution in [-0.2, 0) is 0 Å². The van der Waals surface area contributed by atoms with Crippen molar-refractivity contribution in [1.82, 2.24) is 19.3 Å². The molecule has 0 spiro atoms. The lowest BCUT2D eigenvalue weighted by atomic mass is 10.1. The predicted molar refractivity (Wildman–Crippen MR) is 137 cm³/mol. The Morgan fingerprint density at radius 3 is 2.79 bits per heavy atom. The van der Waals surface area contributed by atoms with Gasteiger partial charge in [-0.2, -0.15) is 5.10 Å². The van der Waals surface area contributed by atoms with Gasteiger partial charge < -0.3 is 5.32 Å². The van der Waals surface area contributed by atoms with Crippen molar-refractivity contribution in [3.05, 3.63) is 89.1 Å². The molecule has 1 N–H and O–H groups in total. The van der Waals surface area contributed by atoms with Crippen LogP contribution in [0.3, 0.4) is 0 Å². The van der Waals surface area contributed by atoms with Crippen molar-refractivity contribution in [3.8, 4) is 11.4 Å².